The van der Waals surface area contributed by atoms with E-state index in [2.05, 4.69) is 30.6 Å². The molecule has 6 rings (SSSR count). The SMILES string of the molecule is [2H]C([2H])([2H])Oc1nc(NC2CCN(C3COC3)CC2)nn2ccc(-c3ccc4nnn(CC(F)(F)F)c4c3)c12. The van der Waals surface area contributed by atoms with Crippen molar-refractivity contribution in [2.75, 3.05) is 38.7 Å². The maximum atomic E-state index is 13.0. The lowest BCUT2D eigenvalue weighted by molar-refractivity contribution is -0.142. The second kappa shape index (κ2) is 8.89. The highest BCUT2D eigenvalue weighted by molar-refractivity contribution is 5.89. The molecule has 2 aliphatic heterocycles. The van der Waals surface area contributed by atoms with Crippen molar-refractivity contribution in [1.29, 1.82) is 0 Å². The van der Waals surface area contributed by atoms with E-state index in [1.807, 2.05) is 0 Å². The van der Waals surface area contributed by atoms with Crippen LogP contribution in [0.25, 0.3) is 27.7 Å². The average Bonchev–Trinajstić information content (AvgIpc) is 3.41. The van der Waals surface area contributed by atoms with Gasteiger partial charge in [0.25, 0.3) is 0 Å². The first-order valence-electron chi connectivity index (χ1n) is 13.1. The number of benzene rings is 1. The number of likely N-dealkylation sites (tertiary alicyclic amines) is 1. The van der Waals surface area contributed by atoms with Crippen LogP contribution >= 0.6 is 0 Å². The molecule has 0 radical (unpaired) electrons. The third-order valence-electron chi connectivity index (χ3n) is 6.73. The molecule has 1 aromatic carbocycles. The molecule has 3 aromatic heterocycles. The fourth-order valence-electron chi connectivity index (χ4n) is 4.80. The van der Waals surface area contributed by atoms with Gasteiger partial charge in [0.05, 0.1) is 35.9 Å². The molecule has 10 nitrogen and oxygen atoms in total. The van der Waals surface area contributed by atoms with E-state index in [0.717, 1.165) is 43.8 Å². The number of halogens is 3. The number of alkyl halides is 3. The Balaban J connectivity index is 1.32. The van der Waals surface area contributed by atoms with Crippen molar-refractivity contribution in [2.24, 2.45) is 0 Å². The molecule has 2 fully saturated rings. The van der Waals surface area contributed by atoms with E-state index in [9.17, 15) is 13.2 Å². The second-order valence-corrected chi connectivity index (χ2v) is 9.08. The van der Waals surface area contributed by atoms with Gasteiger partial charge < -0.3 is 14.8 Å². The summed E-state index contributed by atoms with van der Waals surface area (Å²) in [6.07, 6.45) is -1.12. The molecule has 4 aromatic rings. The van der Waals surface area contributed by atoms with Crippen LogP contribution in [-0.4, -0.2) is 86.1 Å². The van der Waals surface area contributed by atoms with E-state index in [4.69, 9.17) is 13.6 Å². The van der Waals surface area contributed by atoms with Gasteiger partial charge in [0.1, 0.15) is 17.6 Å². The molecule has 0 saturated carbocycles. The summed E-state index contributed by atoms with van der Waals surface area (Å²) < 4.78 is 74.9. The van der Waals surface area contributed by atoms with E-state index in [0.29, 0.717) is 22.7 Å². The molecule has 0 unspecified atom stereocenters. The van der Waals surface area contributed by atoms with Gasteiger partial charge in [0.2, 0.25) is 11.8 Å². The first-order valence-corrected chi connectivity index (χ1v) is 11.6. The zero-order valence-electron chi connectivity index (χ0n) is 22.1. The van der Waals surface area contributed by atoms with E-state index in [1.54, 1.807) is 24.4 Å². The first kappa shape index (κ1) is 19.7. The fourth-order valence-corrected chi connectivity index (χ4v) is 4.80. The predicted octanol–water partition coefficient (Wildman–Crippen LogP) is 2.99. The maximum absolute atomic E-state index is 13.0. The van der Waals surface area contributed by atoms with Gasteiger partial charge in [-0.25, -0.2) is 9.20 Å². The Hall–Kier alpha value is -3.45. The van der Waals surface area contributed by atoms with E-state index in [-0.39, 0.29) is 28.9 Å². The van der Waals surface area contributed by atoms with Gasteiger partial charge in [0, 0.05) is 30.9 Å². The van der Waals surface area contributed by atoms with E-state index >= 15 is 0 Å². The van der Waals surface area contributed by atoms with Gasteiger partial charge in [-0.05, 0) is 36.6 Å². The highest BCUT2D eigenvalue weighted by Crippen LogP contribution is 2.33. The van der Waals surface area contributed by atoms with Crippen LogP contribution in [0.2, 0.25) is 0 Å². The molecule has 1 N–H and O–H groups in total. The molecule has 190 valence electrons. The molecule has 2 aliphatic rings. The number of ether oxygens (including phenoxy) is 2. The van der Waals surface area contributed by atoms with Crippen molar-refractivity contribution in [2.45, 2.75) is 37.6 Å². The Bertz CT molecular complexity index is 1490. The zero-order valence-corrected chi connectivity index (χ0v) is 19.1. The summed E-state index contributed by atoms with van der Waals surface area (Å²) in [5, 5.41) is 15.3. The van der Waals surface area contributed by atoms with E-state index < -0.39 is 19.8 Å². The summed E-state index contributed by atoms with van der Waals surface area (Å²) in [5.74, 6) is 0.0517. The summed E-state index contributed by atoms with van der Waals surface area (Å²) in [6.45, 7) is 2.04. The predicted molar refractivity (Wildman–Crippen MR) is 125 cm³/mol. The van der Waals surface area contributed by atoms with Gasteiger partial charge in [-0.3, -0.25) is 4.90 Å². The zero-order chi connectivity index (χ0) is 27.4. The third-order valence-corrected chi connectivity index (χ3v) is 6.73. The topological polar surface area (TPSA) is 94.6 Å². The third kappa shape index (κ3) is 4.32. The average molecular weight is 506 g/mol. The standard InChI is InChI=1S/C23H25F3N8O2/c1-35-21-20-17(14-2-3-18-19(10-14)34(31-29-18)13-23(24,25)26)6-9-33(20)30-22(28-21)27-15-4-7-32(8-5-15)16-11-36-12-16/h2-3,6,9-10,15-16H,4-5,7-8,11-13H2,1H3,(H,27,30)/i1D3. The fraction of sp³-hybridized carbons (Fsp3) is 0.478. The van der Waals surface area contributed by atoms with Crippen LogP contribution in [-0.2, 0) is 11.3 Å². The normalized spacial score (nSPS) is 19.7. The molecule has 0 spiro atoms. The molecular weight excluding hydrogens is 477 g/mol. The number of hydrogen-bond acceptors (Lipinski definition) is 8. The van der Waals surface area contributed by atoms with Crippen LogP contribution in [0.3, 0.4) is 0 Å². The molecule has 0 atom stereocenters. The number of fused-ring (bicyclic) bond motifs is 2. The quantitative estimate of drug-likeness (QED) is 0.428. The smallest absolute Gasteiger partial charge is 0.408 e. The van der Waals surface area contributed by atoms with Gasteiger partial charge in [-0.1, -0.05) is 11.3 Å². The Labute approximate surface area is 208 Å². The number of methoxy groups -OCH3 is 1. The lowest BCUT2D eigenvalue weighted by Crippen LogP contribution is -2.53. The van der Waals surface area contributed by atoms with Crippen LogP contribution in [0.15, 0.2) is 30.5 Å². The minimum Gasteiger partial charge on any atom is -0.479 e. The second-order valence-electron chi connectivity index (χ2n) is 9.08. The van der Waals surface area contributed by atoms with Crippen LogP contribution < -0.4 is 10.1 Å². The van der Waals surface area contributed by atoms with Crippen LogP contribution in [0, 0.1) is 0 Å². The van der Waals surface area contributed by atoms with Crippen LogP contribution in [0.4, 0.5) is 19.1 Å². The van der Waals surface area contributed by atoms with Gasteiger partial charge in [0.15, 0.2) is 0 Å². The summed E-state index contributed by atoms with van der Waals surface area (Å²) in [4.78, 5) is 6.80. The van der Waals surface area contributed by atoms with Crippen molar-refractivity contribution < 1.29 is 26.8 Å². The number of nitrogens with zero attached hydrogens (tertiary/aromatic N) is 7. The van der Waals surface area contributed by atoms with Crippen LogP contribution in [0.5, 0.6) is 5.88 Å². The summed E-state index contributed by atoms with van der Waals surface area (Å²) in [7, 11) is -2.79. The number of anilines is 1. The number of aromatic nitrogens is 6. The largest absolute Gasteiger partial charge is 0.479 e. The molecule has 5 heterocycles. The minimum absolute atomic E-state index is 0.0964. The van der Waals surface area contributed by atoms with Gasteiger partial charge in [-0.2, -0.15) is 18.2 Å². The molecule has 36 heavy (non-hydrogen) atoms. The van der Waals surface area contributed by atoms with Crippen molar-refractivity contribution >= 4 is 22.5 Å². The first-order chi connectivity index (χ1) is 18.5. The lowest BCUT2D eigenvalue weighted by Gasteiger charge is -2.41. The van der Waals surface area contributed by atoms with Crippen molar-refractivity contribution in [3.63, 3.8) is 0 Å². The van der Waals surface area contributed by atoms with Crippen LogP contribution in [0.1, 0.15) is 17.0 Å². The van der Waals surface area contributed by atoms with E-state index in [1.165, 1.54) is 10.6 Å². The molecule has 2 saturated heterocycles. The van der Waals surface area contributed by atoms with Crippen molar-refractivity contribution in [3.05, 3.63) is 30.5 Å². The number of nitrogens with one attached hydrogen (secondary N) is 1. The highest BCUT2D eigenvalue weighted by Gasteiger charge is 2.31. The van der Waals surface area contributed by atoms with Gasteiger partial charge in [-0.15, -0.1) is 10.2 Å². The molecule has 0 aliphatic carbocycles. The monoisotopic (exact) mass is 505 g/mol. The summed E-state index contributed by atoms with van der Waals surface area (Å²) in [5.41, 5.74) is 1.73. The lowest BCUT2D eigenvalue weighted by atomic mass is 10.0. The minimum atomic E-state index is -4.47. The van der Waals surface area contributed by atoms with Crippen molar-refractivity contribution in [1.82, 2.24) is 34.5 Å². The van der Waals surface area contributed by atoms with Gasteiger partial charge >= 0.3 is 6.18 Å². The summed E-state index contributed by atoms with van der Waals surface area (Å²) in [6, 6.07) is 6.98. The molecular formula is C23H25F3N8O2. The molecule has 13 heteroatoms. The highest BCUT2D eigenvalue weighted by atomic mass is 19.4. The maximum Gasteiger partial charge on any atom is 0.408 e. The molecule has 0 amide bonds. The number of rotatable bonds is 6. The number of piperidine rings is 1. The Kier molecular flexibility index (Phi) is 4.87. The Morgan fingerprint density at radius 1 is 1.22 bits per heavy atom. The Morgan fingerprint density at radius 3 is 2.78 bits per heavy atom. The van der Waals surface area contributed by atoms with Crippen molar-refractivity contribution in [3.8, 4) is 17.0 Å². The molecule has 0 bridgehead atoms. The Morgan fingerprint density at radius 2 is 2.06 bits per heavy atom. The number of hydrogen-bond donors (Lipinski definition) is 1. The summed E-state index contributed by atoms with van der Waals surface area (Å²) >= 11 is 0.